The summed E-state index contributed by atoms with van der Waals surface area (Å²) in [6.45, 7) is 0. The molecule has 0 N–H and O–H groups in total. The number of rotatable bonds is 3. The fourth-order valence-corrected chi connectivity index (χ4v) is 2.97. The summed E-state index contributed by atoms with van der Waals surface area (Å²) in [4.78, 5) is 19.1. The molecular formula is C22H14ClFN2O. The lowest BCUT2D eigenvalue weighted by atomic mass is 10.1. The molecule has 1 aliphatic heterocycles. The summed E-state index contributed by atoms with van der Waals surface area (Å²) in [5.41, 5.74) is 2.48. The van der Waals surface area contributed by atoms with Gasteiger partial charge in [-0.3, -0.25) is 9.69 Å². The Kier molecular flexibility index (Phi) is 4.57. The van der Waals surface area contributed by atoms with Crippen molar-refractivity contribution in [2.75, 3.05) is 4.90 Å². The first-order valence-electron chi connectivity index (χ1n) is 8.33. The van der Waals surface area contributed by atoms with Gasteiger partial charge in [-0.15, -0.1) is 0 Å². The molecule has 0 saturated carbocycles. The average molecular weight is 377 g/mol. The fraction of sp³-hybridized carbons (Fsp3) is 0. The molecular weight excluding hydrogens is 363 g/mol. The van der Waals surface area contributed by atoms with Gasteiger partial charge in [0.1, 0.15) is 17.3 Å². The van der Waals surface area contributed by atoms with Gasteiger partial charge in [0.25, 0.3) is 5.91 Å². The SMILES string of the molecule is O=C1/C(=C\c2ccccc2)N=C(c2ccc(Cl)cc2)N1c1ccc(F)cc1. The first-order valence-corrected chi connectivity index (χ1v) is 8.71. The Morgan fingerprint density at radius 2 is 1.56 bits per heavy atom. The van der Waals surface area contributed by atoms with E-state index in [0.717, 1.165) is 11.1 Å². The number of carbonyl (C=O) groups excluding carboxylic acids is 1. The van der Waals surface area contributed by atoms with Crippen molar-refractivity contribution in [1.29, 1.82) is 0 Å². The lowest BCUT2D eigenvalue weighted by molar-refractivity contribution is -0.113. The molecule has 0 spiro atoms. The number of hydrogen-bond donors (Lipinski definition) is 0. The highest BCUT2D eigenvalue weighted by atomic mass is 35.5. The lowest BCUT2D eigenvalue weighted by Crippen LogP contribution is -2.32. The maximum atomic E-state index is 13.3. The standard InChI is InChI=1S/C22H14ClFN2O/c23-17-8-6-16(7-9-17)21-25-20(14-15-4-2-1-3-5-15)22(27)26(21)19-12-10-18(24)11-13-19/h1-14H/b20-14+. The van der Waals surface area contributed by atoms with Crippen molar-refractivity contribution < 1.29 is 9.18 Å². The van der Waals surface area contributed by atoms with Gasteiger partial charge in [0.15, 0.2) is 0 Å². The van der Waals surface area contributed by atoms with Crippen LogP contribution in [0.25, 0.3) is 6.08 Å². The van der Waals surface area contributed by atoms with Gasteiger partial charge >= 0.3 is 0 Å². The maximum Gasteiger partial charge on any atom is 0.282 e. The zero-order valence-electron chi connectivity index (χ0n) is 14.1. The highest BCUT2D eigenvalue weighted by molar-refractivity contribution is 6.34. The Balaban J connectivity index is 1.82. The van der Waals surface area contributed by atoms with Gasteiger partial charge in [-0.05, 0) is 60.2 Å². The van der Waals surface area contributed by atoms with Crippen LogP contribution in [0.3, 0.4) is 0 Å². The summed E-state index contributed by atoms with van der Waals surface area (Å²) >= 11 is 5.98. The Morgan fingerprint density at radius 3 is 2.22 bits per heavy atom. The summed E-state index contributed by atoms with van der Waals surface area (Å²) in [6.07, 6.45) is 1.74. The van der Waals surface area contributed by atoms with Crippen LogP contribution in [-0.4, -0.2) is 11.7 Å². The largest absolute Gasteiger partial charge is 0.282 e. The molecule has 0 bridgehead atoms. The highest BCUT2D eigenvalue weighted by Crippen LogP contribution is 2.28. The molecule has 0 aliphatic carbocycles. The predicted octanol–water partition coefficient (Wildman–Crippen LogP) is 5.31. The zero-order valence-corrected chi connectivity index (χ0v) is 14.9. The molecule has 4 rings (SSSR count). The summed E-state index contributed by atoms with van der Waals surface area (Å²) in [6, 6.07) is 22.4. The van der Waals surface area contributed by atoms with Crippen molar-refractivity contribution in [3.63, 3.8) is 0 Å². The number of carbonyl (C=O) groups is 1. The van der Waals surface area contributed by atoms with Crippen molar-refractivity contribution in [2.45, 2.75) is 0 Å². The second-order valence-corrected chi connectivity index (χ2v) is 6.44. The second kappa shape index (κ2) is 7.17. The van der Waals surface area contributed by atoms with Crippen LogP contribution in [0.4, 0.5) is 10.1 Å². The summed E-state index contributed by atoms with van der Waals surface area (Å²) in [5, 5.41) is 0.594. The van der Waals surface area contributed by atoms with Gasteiger partial charge in [0, 0.05) is 10.6 Å². The maximum absolute atomic E-state index is 13.3. The number of amidine groups is 1. The molecule has 5 heteroatoms. The fourth-order valence-electron chi connectivity index (χ4n) is 2.85. The van der Waals surface area contributed by atoms with Crippen LogP contribution in [0, 0.1) is 5.82 Å². The van der Waals surface area contributed by atoms with Gasteiger partial charge in [-0.25, -0.2) is 9.38 Å². The van der Waals surface area contributed by atoms with Crippen LogP contribution in [0.2, 0.25) is 5.02 Å². The minimum Gasteiger partial charge on any atom is -0.266 e. The van der Waals surface area contributed by atoms with Crippen molar-refractivity contribution >= 4 is 35.1 Å². The number of aliphatic imine (C=N–C) groups is 1. The lowest BCUT2D eigenvalue weighted by Gasteiger charge is -2.18. The first kappa shape index (κ1) is 17.2. The van der Waals surface area contributed by atoms with E-state index in [9.17, 15) is 9.18 Å². The van der Waals surface area contributed by atoms with Crippen LogP contribution in [-0.2, 0) is 4.79 Å². The molecule has 0 radical (unpaired) electrons. The molecule has 3 nitrogen and oxygen atoms in total. The van der Waals surface area contributed by atoms with E-state index in [1.54, 1.807) is 42.5 Å². The van der Waals surface area contributed by atoms with Crippen LogP contribution >= 0.6 is 11.6 Å². The Hall–Kier alpha value is -3.24. The molecule has 132 valence electrons. The number of nitrogens with zero attached hydrogens (tertiary/aromatic N) is 2. The third-order valence-corrected chi connectivity index (χ3v) is 4.40. The summed E-state index contributed by atoms with van der Waals surface area (Å²) in [7, 11) is 0. The van der Waals surface area contributed by atoms with E-state index in [0.29, 0.717) is 22.2 Å². The predicted molar refractivity (Wildman–Crippen MR) is 106 cm³/mol. The highest BCUT2D eigenvalue weighted by Gasteiger charge is 2.32. The van der Waals surface area contributed by atoms with E-state index >= 15 is 0 Å². The molecule has 1 heterocycles. The monoisotopic (exact) mass is 376 g/mol. The molecule has 1 aliphatic rings. The van der Waals surface area contributed by atoms with Gasteiger partial charge in [0.2, 0.25) is 0 Å². The summed E-state index contributed by atoms with van der Waals surface area (Å²) in [5.74, 6) is -0.156. The number of amides is 1. The van der Waals surface area contributed by atoms with E-state index in [1.165, 1.54) is 17.0 Å². The molecule has 0 atom stereocenters. The van der Waals surface area contributed by atoms with E-state index < -0.39 is 0 Å². The van der Waals surface area contributed by atoms with Gasteiger partial charge in [0.05, 0.1) is 5.69 Å². The molecule has 0 fully saturated rings. The molecule has 1 amide bonds. The summed E-state index contributed by atoms with van der Waals surface area (Å²) < 4.78 is 13.3. The van der Waals surface area contributed by atoms with E-state index in [-0.39, 0.29) is 11.7 Å². The number of halogens is 2. The Labute approximate surface area is 161 Å². The Bertz CT molecular complexity index is 1040. The van der Waals surface area contributed by atoms with Crippen molar-refractivity contribution in [3.8, 4) is 0 Å². The minimum absolute atomic E-state index is 0.268. The number of hydrogen-bond acceptors (Lipinski definition) is 2. The zero-order chi connectivity index (χ0) is 18.8. The normalized spacial score (nSPS) is 15.3. The van der Waals surface area contributed by atoms with Crippen molar-refractivity contribution in [3.05, 3.63) is 107 Å². The third-order valence-electron chi connectivity index (χ3n) is 4.15. The molecule has 0 unspecified atom stereocenters. The van der Waals surface area contributed by atoms with Crippen LogP contribution < -0.4 is 4.90 Å². The Morgan fingerprint density at radius 1 is 0.889 bits per heavy atom. The second-order valence-electron chi connectivity index (χ2n) is 6.00. The first-order chi connectivity index (χ1) is 13.1. The van der Waals surface area contributed by atoms with Crippen LogP contribution in [0.1, 0.15) is 11.1 Å². The van der Waals surface area contributed by atoms with E-state index in [1.807, 2.05) is 30.3 Å². The quantitative estimate of drug-likeness (QED) is 0.570. The molecule has 3 aromatic carbocycles. The topological polar surface area (TPSA) is 32.7 Å². The van der Waals surface area contributed by atoms with E-state index in [2.05, 4.69) is 4.99 Å². The van der Waals surface area contributed by atoms with Crippen molar-refractivity contribution in [1.82, 2.24) is 0 Å². The number of anilines is 1. The molecule has 0 saturated heterocycles. The minimum atomic E-state index is -0.365. The van der Waals surface area contributed by atoms with Gasteiger partial charge < -0.3 is 0 Å². The van der Waals surface area contributed by atoms with E-state index in [4.69, 9.17) is 11.6 Å². The third kappa shape index (κ3) is 3.52. The number of benzene rings is 3. The smallest absolute Gasteiger partial charge is 0.266 e. The van der Waals surface area contributed by atoms with Gasteiger partial charge in [-0.1, -0.05) is 41.9 Å². The molecule has 3 aromatic rings. The van der Waals surface area contributed by atoms with Crippen LogP contribution in [0.5, 0.6) is 0 Å². The molecule has 27 heavy (non-hydrogen) atoms. The van der Waals surface area contributed by atoms with Gasteiger partial charge in [-0.2, -0.15) is 0 Å². The molecule has 0 aromatic heterocycles. The average Bonchev–Trinajstić information content (AvgIpc) is 3.00. The van der Waals surface area contributed by atoms with Crippen LogP contribution in [0.15, 0.2) is 89.6 Å². The van der Waals surface area contributed by atoms with Crippen molar-refractivity contribution in [2.24, 2.45) is 4.99 Å².